The molecule has 0 aliphatic carbocycles. The second-order valence-electron chi connectivity index (χ2n) is 3.66. The first kappa shape index (κ1) is 10.9. The van der Waals surface area contributed by atoms with Crippen LogP contribution in [-0.2, 0) is 4.74 Å². The number of ether oxygens (including phenoxy) is 1. The smallest absolute Gasteiger partial charge is 0.408 e. The zero-order chi connectivity index (χ0) is 11.5. The molecule has 0 radical (unpaired) electrons. The molecule has 0 saturated carbocycles. The van der Waals surface area contributed by atoms with Gasteiger partial charge in [-0.1, -0.05) is 6.07 Å². The van der Waals surface area contributed by atoms with Crippen LogP contribution in [0.15, 0.2) is 27.4 Å². The fourth-order valence-corrected chi connectivity index (χ4v) is 1.73. The summed E-state index contributed by atoms with van der Waals surface area (Å²) < 4.78 is 10.0. The Morgan fingerprint density at radius 3 is 3.06 bits per heavy atom. The highest BCUT2D eigenvalue weighted by Crippen LogP contribution is 2.19. The van der Waals surface area contributed by atoms with E-state index >= 15 is 0 Å². The van der Waals surface area contributed by atoms with Crippen molar-refractivity contribution in [2.75, 3.05) is 20.3 Å². The van der Waals surface area contributed by atoms with Crippen LogP contribution < -0.4 is 11.5 Å². The van der Waals surface area contributed by atoms with E-state index in [1.807, 2.05) is 12.1 Å². The van der Waals surface area contributed by atoms with Crippen molar-refractivity contribution in [1.82, 2.24) is 4.98 Å². The lowest BCUT2D eigenvalue weighted by atomic mass is 10.00. The maximum Gasteiger partial charge on any atom is 0.417 e. The summed E-state index contributed by atoms with van der Waals surface area (Å²) >= 11 is 0. The van der Waals surface area contributed by atoms with Crippen LogP contribution in [0.25, 0.3) is 11.1 Å². The summed E-state index contributed by atoms with van der Waals surface area (Å²) in [6.45, 7) is 1.06. The number of hydrogen-bond acceptors (Lipinski definition) is 4. The van der Waals surface area contributed by atoms with Gasteiger partial charge < -0.3 is 14.9 Å². The van der Waals surface area contributed by atoms with Gasteiger partial charge in [-0.2, -0.15) is 0 Å². The molecule has 3 N–H and O–H groups in total. The first-order valence-corrected chi connectivity index (χ1v) is 5.06. The third kappa shape index (κ3) is 2.00. The van der Waals surface area contributed by atoms with E-state index in [0.717, 1.165) is 5.56 Å². The van der Waals surface area contributed by atoms with Gasteiger partial charge in [-0.3, -0.25) is 4.98 Å². The number of H-pyrrole nitrogens is 1. The average Bonchev–Trinajstić information content (AvgIpc) is 2.64. The summed E-state index contributed by atoms with van der Waals surface area (Å²) in [5, 5.41) is 0. The van der Waals surface area contributed by atoms with Crippen molar-refractivity contribution in [3.63, 3.8) is 0 Å². The first-order chi connectivity index (χ1) is 7.74. The molecule has 86 valence electrons. The Kier molecular flexibility index (Phi) is 3.07. The molecule has 0 saturated heterocycles. The molecule has 1 atom stereocenters. The molecule has 16 heavy (non-hydrogen) atoms. The van der Waals surface area contributed by atoms with Gasteiger partial charge in [0.15, 0.2) is 5.58 Å². The summed E-state index contributed by atoms with van der Waals surface area (Å²) in [5.41, 5.74) is 7.95. The quantitative estimate of drug-likeness (QED) is 0.802. The lowest BCUT2D eigenvalue weighted by Crippen LogP contribution is -2.17. The Labute approximate surface area is 92.2 Å². The first-order valence-electron chi connectivity index (χ1n) is 5.06. The average molecular weight is 222 g/mol. The number of oxazole rings is 1. The normalized spacial score (nSPS) is 13.1. The van der Waals surface area contributed by atoms with Gasteiger partial charge in [0.05, 0.1) is 12.1 Å². The summed E-state index contributed by atoms with van der Waals surface area (Å²) in [7, 11) is 1.64. The van der Waals surface area contributed by atoms with Gasteiger partial charge >= 0.3 is 5.76 Å². The monoisotopic (exact) mass is 222 g/mol. The van der Waals surface area contributed by atoms with Crippen LogP contribution in [0.5, 0.6) is 0 Å². The highest BCUT2D eigenvalue weighted by Gasteiger charge is 2.11. The maximum atomic E-state index is 11.0. The van der Waals surface area contributed by atoms with E-state index in [9.17, 15) is 4.79 Å². The van der Waals surface area contributed by atoms with Crippen LogP contribution in [0.3, 0.4) is 0 Å². The number of nitrogens with two attached hydrogens (primary N) is 1. The number of aromatic nitrogens is 1. The second-order valence-corrected chi connectivity index (χ2v) is 3.66. The molecule has 0 aliphatic heterocycles. The van der Waals surface area contributed by atoms with Gasteiger partial charge in [0.2, 0.25) is 0 Å². The minimum atomic E-state index is -0.441. The van der Waals surface area contributed by atoms with Crippen molar-refractivity contribution in [1.29, 1.82) is 0 Å². The van der Waals surface area contributed by atoms with E-state index in [0.29, 0.717) is 24.3 Å². The SMILES string of the molecule is COCC(CN)c1ccc2oc(=O)[nH]c2c1. The van der Waals surface area contributed by atoms with E-state index in [-0.39, 0.29) is 5.92 Å². The highest BCUT2D eigenvalue weighted by atomic mass is 16.5. The molecule has 5 nitrogen and oxygen atoms in total. The number of rotatable bonds is 4. The number of aromatic amines is 1. The Morgan fingerprint density at radius 1 is 1.56 bits per heavy atom. The number of fused-ring (bicyclic) bond motifs is 1. The Balaban J connectivity index is 2.40. The van der Waals surface area contributed by atoms with Crippen LogP contribution in [0.4, 0.5) is 0 Å². The molecule has 0 spiro atoms. The molecule has 1 aromatic carbocycles. The topological polar surface area (TPSA) is 81.2 Å². The van der Waals surface area contributed by atoms with Crippen molar-refractivity contribution in [3.05, 3.63) is 34.3 Å². The van der Waals surface area contributed by atoms with Crippen molar-refractivity contribution in [2.24, 2.45) is 5.73 Å². The summed E-state index contributed by atoms with van der Waals surface area (Å²) in [5.74, 6) is -0.309. The Morgan fingerprint density at radius 2 is 2.38 bits per heavy atom. The third-order valence-corrected chi connectivity index (χ3v) is 2.57. The van der Waals surface area contributed by atoms with Gasteiger partial charge in [-0.15, -0.1) is 0 Å². The predicted molar refractivity (Wildman–Crippen MR) is 60.5 cm³/mol. The number of benzene rings is 1. The van der Waals surface area contributed by atoms with Gasteiger partial charge in [0.25, 0.3) is 0 Å². The summed E-state index contributed by atoms with van der Waals surface area (Å²) in [4.78, 5) is 13.6. The van der Waals surface area contributed by atoms with Gasteiger partial charge in [-0.25, -0.2) is 4.79 Å². The Hall–Kier alpha value is -1.59. The lowest BCUT2D eigenvalue weighted by molar-refractivity contribution is 0.181. The molecule has 1 heterocycles. The van der Waals surface area contributed by atoms with Crippen molar-refractivity contribution in [2.45, 2.75) is 5.92 Å². The molecule has 1 unspecified atom stereocenters. The van der Waals surface area contributed by atoms with E-state index in [4.69, 9.17) is 14.9 Å². The summed E-state index contributed by atoms with van der Waals surface area (Å²) in [6.07, 6.45) is 0. The minimum Gasteiger partial charge on any atom is -0.408 e. The number of methoxy groups -OCH3 is 1. The molecule has 5 heteroatoms. The fraction of sp³-hybridized carbons (Fsp3) is 0.364. The molecular formula is C11H14N2O3. The van der Waals surface area contributed by atoms with E-state index in [1.54, 1.807) is 13.2 Å². The molecule has 0 aliphatic rings. The highest BCUT2D eigenvalue weighted by molar-refractivity contribution is 5.72. The number of nitrogens with one attached hydrogen (secondary N) is 1. The van der Waals surface area contributed by atoms with Gasteiger partial charge in [0.1, 0.15) is 0 Å². The van der Waals surface area contributed by atoms with Crippen LogP contribution >= 0.6 is 0 Å². The van der Waals surface area contributed by atoms with E-state index in [2.05, 4.69) is 4.98 Å². The van der Waals surface area contributed by atoms with Crippen LogP contribution in [0.2, 0.25) is 0 Å². The van der Waals surface area contributed by atoms with Crippen molar-refractivity contribution >= 4 is 11.1 Å². The largest absolute Gasteiger partial charge is 0.417 e. The third-order valence-electron chi connectivity index (χ3n) is 2.57. The molecule has 0 fully saturated rings. The molecule has 0 bridgehead atoms. The predicted octanol–water partition coefficient (Wildman–Crippen LogP) is 0.810. The summed E-state index contributed by atoms with van der Waals surface area (Å²) in [6, 6.07) is 5.54. The zero-order valence-electron chi connectivity index (χ0n) is 9.03. The molecule has 0 amide bonds. The van der Waals surface area contributed by atoms with Gasteiger partial charge in [0, 0.05) is 19.6 Å². The lowest BCUT2D eigenvalue weighted by Gasteiger charge is -2.13. The fourth-order valence-electron chi connectivity index (χ4n) is 1.73. The zero-order valence-corrected chi connectivity index (χ0v) is 9.03. The van der Waals surface area contributed by atoms with Crippen LogP contribution in [0.1, 0.15) is 11.5 Å². The molecule has 2 rings (SSSR count). The molecule has 1 aromatic heterocycles. The standard InChI is InChI=1S/C11H14N2O3/c1-15-6-8(5-12)7-2-3-10-9(4-7)13-11(14)16-10/h2-4,8H,5-6,12H2,1H3,(H,13,14). The van der Waals surface area contributed by atoms with Crippen molar-refractivity contribution < 1.29 is 9.15 Å². The van der Waals surface area contributed by atoms with Crippen LogP contribution in [-0.4, -0.2) is 25.2 Å². The van der Waals surface area contributed by atoms with Crippen LogP contribution in [0, 0.1) is 0 Å². The second kappa shape index (κ2) is 4.51. The van der Waals surface area contributed by atoms with Gasteiger partial charge in [-0.05, 0) is 17.7 Å². The van der Waals surface area contributed by atoms with E-state index < -0.39 is 5.76 Å². The van der Waals surface area contributed by atoms with E-state index in [1.165, 1.54) is 0 Å². The maximum absolute atomic E-state index is 11.0. The molecular weight excluding hydrogens is 208 g/mol. The molecule has 2 aromatic rings. The minimum absolute atomic E-state index is 0.132. The Bertz CT molecular complexity index is 529. The van der Waals surface area contributed by atoms with Crippen molar-refractivity contribution in [3.8, 4) is 0 Å². The number of hydrogen-bond donors (Lipinski definition) is 2.